The summed E-state index contributed by atoms with van der Waals surface area (Å²) in [4.78, 5) is 30.1. The first-order chi connectivity index (χ1) is 20.5. The van der Waals surface area contributed by atoms with Crippen molar-refractivity contribution in [3.8, 4) is 17.4 Å². The van der Waals surface area contributed by atoms with E-state index in [9.17, 15) is 4.79 Å². The van der Waals surface area contributed by atoms with Crippen LogP contribution in [-0.2, 0) is 11.4 Å². The number of halogens is 1. The van der Waals surface area contributed by atoms with E-state index < -0.39 is 5.82 Å². The summed E-state index contributed by atoms with van der Waals surface area (Å²) < 4.78 is 27.8. The highest BCUT2D eigenvalue weighted by atomic mass is 19.1. The number of hydrogen-bond donors (Lipinski definition) is 2. The maximum Gasteiger partial charge on any atom is 0.245 e. The normalized spacial score (nSPS) is 13.7. The third-order valence-corrected chi connectivity index (χ3v) is 7.34. The fourth-order valence-corrected chi connectivity index (χ4v) is 5.14. The second-order valence-electron chi connectivity index (χ2n) is 9.87. The molecule has 0 spiro atoms. The molecular formula is C30H29FN8O3. The van der Waals surface area contributed by atoms with Gasteiger partial charge in [0.05, 0.1) is 18.2 Å². The lowest BCUT2D eigenvalue weighted by atomic mass is 9.89. The third-order valence-electron chi connectivity index (χ3n) is 7.34. The minimum absolute atomic E-state index is 0.0539. The zero-order valence-electron chi connectivity index (χ0n) is 23.0. The Morgan fingerprint density at radius 1 is 1.19 bits per heavy atom. The van der Waals surface area contributed by atoms with Gasteiger partial charge in [-0.3, -0.25) is 4.79 Å². The van der Waals surface area contributed by atoms with Crippen LogP contribution in [0.5, 0.6) is 11.6 Å². The third kappa shape index (κ3) is 5.51. The Balaban J connectivity index is 1.15. The van der Waals surface area contributed by atoms with Crippen LogP contribution in [0.4, 0.5) is 15.9 Å². The van der Waals surface area contributed by atoms with Crippen molar-refractivity contribution in [1.29, 1.82) is 0 Å². The highest BCUT2D eigenvalue weighted by Crippen LogP contribution is 2.36. The fourth-order valence-electron chi connectivity index (χ4n) is 5.14. The number of benzene rings is 1. The Bertz CT molecular complexity index is 1740. The molecule has 6 rings (SSSR count). The molecule has 1 aliphatic rings. The minimum atomic E-state index is -0.480. The van der Waals surface area contributed by atoms with Crippen LogP contribution in [0, 0.1) is 5.82 Å². The van der Waals surface area contributed by atoms with E-state index in [2.05, 4.69) is 36.9 Å². The minimum Gasteiger partial charge on any atom is -0.489 e. The Kier molecular flexibility index (Phi) is 7.50. The summed E-state index contributed by atoms with van der Waals surface area (Å²) in [5.74, 6) is 1.67. The molecule has 5 heterocycles. The van der Waals surface area contributed by atoms with Gasteiger partial charge in [0, 0.05) is 43.8 Å². The van der Waals surface area contributed by atoms with E-state index in [1.54, 1.807) is 47.3 Å². The van der Waals surface area contributed by atoms with Crippen LogP contribution >= 0.6 is 0 Å². The quantitative estimate of drug-likeness (QED) is 0.241. The van der Waals surface area contributed by atoms with Gasteiger partial charge in [0.2, 0.25) is 11.8 Å². The maximum atomic E-state index is 15.2. The number of H-pyrrole nitrogens is 1. The molecule has 42 heavy (non-hydrogen) atoms. The number of pyridine rings is 1. The number of nitrogens with zero attached hydrogens (tertiary/aromatic N) is 6. The molecule has 1 saturated heterocycles. The monoisotopic (exact) mass is 568 g/mol. The highest BCUT2D eigenvalue weighted by molar-refractivity contribution is 5.92. The number of piperidine rings is 1. The van der Waals surface area contributed by atoms with Gasteiger partial charge in [0.15, 0.2) is 5.82 Å². The fraction of sp³-hybridized carbons (Fsp3) is 0.233. The van der Waals surface area contributed by atoms with Crippen LogP contribution in [0.2, 0.25) is 0 Å². The Hall–Kier alpha value is -5.26. The first kappa shape index (κ1) is 26.9. The summed E-state index contributed by atoms with van der Waals surface area (Å²) in [6.45, 7) is 5.09. The molecule has 1 aliphatic heterocycles. The number of hydrogen-bond acceptors (Lipinski definition) is 8. The number of fused-ring (bicyclic) bond motifs is 1. The van der Waals surface area contributed by atoms with E-state index in [-0.39, 0.29) is 24.1 Å². The number of rotatable bonds is 9. The molecular weight excluding hydrogens is 539 g/mol. The molecule has 0 atom stereocenters. The molecule has 1 amide bonds. The number of ether oxygens (including phenoxy) is 2. The molecule has 0 aliphatic carbocycles. The van der Waals surface area contributed by atoms with E-state index in [4.69, 9.17) is 9.47 Å². The second-order valence-corrected chi connectivity index (χ2v) is 9.87. The molecule has 1 fully saturated rings. The molecule has 11 nitrogen and oxygen atoms in total. The van der Waals surface area contributed by atoms with E-state index in [1.807, 2.05) is 18.3 Å². The molecule has 214 valence electrons. The number of aromatic nitrogens is 6. The van der Waals surface area contributed by atoms with Crippen molar-refractivity contribution in [3.63, 3.8) is 0 Å². The van der Waals surface area contributed by atoms with Gasteiger partial charge >= 0.3 is 0 Å². The molecule has 0 saturated carbocycles. The predicted molar refractivity (Wildman–Crippen MR) is 155 cm³/mol. The standard InChI is InChI=1S/C30H29FN8O3/c1-3-27(40)38-11-7-20(8-12-38)22-16-33-29-28(22)30(35-18-34-29)36-24-5-4-21(15-23(24)31)42-17-19-6-10-32-25(14-19)39-13-9-26(37-39)41-2/h3-6,9-10,13-16,18,20H,1,7-8,11-12,17H2,2H3,(H2,33,34,35,36). The molecule has 1 aromatic carbocycles. The van der Waals surface area contributed by atoms with Gasteiger partial charge < -0.3 is 24.7 Å². The second kappa shape index (κ2) is 11.7. The lowest BCUT2D eigenvalue weighted by molar-refractivity contribution is -0.127. The van der Waals surface area contributed by atoms with Gasteiger partial charge in [-0.15, -0.1) is 5.10 Å². The van der Waals surface area contributed by atoms with Gasteiger partial charge in [-0.25, -0.2) is 24.0 Å². The molecule has 0 unspecified atom stereocenters. The summed E-state index contributed by atoms with van der Waals surface area (Å²) in [5.41, 5.74) is 2.82. The van der Waals surface area contributed by atoms with Crippen LogP contribution in [0.15, 0.2) is 74.0 Å². The number of anilines is 2. The van der Waals surface area contributed by atoms with Gasteiger partial charge in [0.1, 0.15) is 36.0 Å². The number of carbonyl (C=O) groups is 1. The van der Waals surface area contributed by atoms with Crippen LogP contribution < -0.4 is 14.8 Å². The Labute approximate surface area is 241 Å². The zero-order chi connectivity index (χ0) is 29.1. The summed E-state index contributed by atoms with van der Waals surface area (Å²) >= 11 is 0. The van der Waals surface area contributed by atoms with E-state index >= 15 is 4.39 Å². The van der Waals surface area contributed by atoms with Crippen LogP contribution in [0.3, 0.4) is 0 Å². The van der Waals surface area contributed by atoms with Gasteiger partial charge in [-0.2, -0.15) is 0 Å². The lowest BCUT2D eigenvalue weighted by Gasteiger charge is -2.31. The lowest BCUT2D eigenvalue weighted by Crippen LogP contribution is -2.36. The number of methoxy groups -OCH3 is 1. The van der Waals surface area contributed by atoms with Gasteiger partial charge in [0.25, 0.3) is 0 Å². The van der Waals surface area contributed by atoms with Crippen molar-refractivity contribution in [3.05, 3.63) is 90.9 Å². The summed E-state index contributed by atoms with van der Waals surface area (Å²) in [7, 11) is 1.55. The van der Waals surface area contributed by atoms with Crippen molar-refractivity contribution in [2.45, 2.75) is 25.4 Å². The van der Waals surface area contributed by atoms with Crippen molar-refractivity contribution in [2.24, 2.45) is 0 Å². The van der Waals surface area contributed by atoms with Crippen LogP contribution in [0.1, 0.15) is 29.9 Å². The van der Waals surface area contributed by atoms with Crippen molar-refractivity contribution < 1.29 is 18.7 Å². The molecule has 2 N–H and O–H groups in total. The highest BCUT2D eigenvalue weighted by Gasteiger charge is 2.26. The average molecular weight is 569 g/mol. The average Bonchev–Trinajstić information content (AvgIpc) is 3.69. The van der Waals surface area contributed by atoms with E-state index in [1.165, 1.54) is 18.5 Å². The summed E-state index contributed by atoms with van der Waals surface area (Å²) in [6, 6.07) is 10.1. The zero-order valence-corrected chi connectivity index (χ0v) is 23.0. The number of nitrogens with one attached hydrogen (secondary N) is 2. The molecule has 5 aromatic rings. The number of aromatic amines is 1. The smallest absolute Gasteiger partial charge is 0.245 e. The Morgan fingerprint density at radius 2 is 2.05 bits per heavy atom. The van der Waals surface area contributed by atoms with Crippen molar-refractivity contribution in [1.82, 2.24) is 34.6 Å². The van der Waals surface area contributed by atoms with Crippen LogP contribution in [-0.4, -0.2) is 60.7 Å². The summed E-state index contributed by atoms with van der Waals surface area (Å²) in [6.07, 6.45) is 9.74. The maximum absolute atomic E-state index is 15.2. The summed E-state index contributed by atoms with van der Waals surface area (Å²) in [5, 5.41) is 8.24. The van der Waals surface area contributed by atoms with Crippen LogP contribution in [0.25, 0.3) is 16.9 Å². The first-order valence-corrected chi connectivity index (χ1v) is 13.5. The van der Waals surface area contributed by atoms with Crippen molar-refractivity contribution >= 4 is 28.4 Å². The number of amides is 1. The number of carbonyl (C=O) groups excluding carboxylic acids is 1. The molecule has 0 radical (unpaired) electrons. The van der Waals surface area contributed by atoms with Gasteiger partial charge in [-0.05, 0) is 60.2 Å². The van der Waals surface area contributed by atoms with E-state index in [0.717, 1.165) is 29.4 Å². The van der Waals surface area contributed by atoms with E-state index in [0.29, 0.717) is 42.0 Å². The topological polar surface area (TPSA) is 123 Å². The molecule has 0 bridgehead atoms. The SMILES string of the molecule is C=CC(=O)N1CCC(c2c[nH]c3ncnc(Nc4ccc(OCc5ccnc(-n6ccc(OC)n6)c5)cc4F)c23)CC1. The largest absolute Gasteiger partial charge is 0.489 e. The molecule has 4 aromatic heterocycles. The molecule has 12 heteroatoms. The Morgan fingerprint density at radius 3 is 2.81 bits per heavy atom. The van der Waals surface area contributed by atoms with Gasteiger partial charge in [-0.1, -0.05) is 6.58 Å². The predicted octanol–water partition coefficient (Wildman–Crippen LogP) is 4.90. The number of likely N-dealkylation sites (tertiary alicyclic amines) is 1. The van der Waals surface area contributed by atoms with Crippen molar-refractivity contribution in [2.75, 3.05) is 25.5 Å². The first-order valence-electron chi connectivity index (χ1n) is 13.5.